The number of carbonyl (C=O) groups is 2. The average Bonchev–Trinajstić information content (AvgIpc) is 3.18. The van der Waals surface area contributed by atoms with Crippen LogP contribution in [0.4, 0.5) is 10.8 Å². The van der Waals surface area contributed by atoms with E-state index in [0.29, 0.717) is 11.7 Å². The molecule has 1 aromatic carbocycles. The van der Waals surface area contributed by atoms with Gasteiger partial charge in [0.05, 0.1) is 5.92 Å². The second-order valence-corrected chi connectivity index (χ2v) is 6.39. The van der Waals surface area contributed by atoms with Crippen LogP contribution in [0.5, 0.6) is 0 Å². The van der Waals surface area contributed by atoms with Crippen LogP contribution in [0.1, 0.15) is 25.3 Å². The smallest absolute Gasteiger partial charge is 0.231 e. The van der Waals surface area contributed by atoms with E-state index in [-0.39, 0.29) is 24.2 Å². The molecule has 2 amide bonds. The highest BCUT2D eigenvalue weighted by atomic mass is 32.1. The van der Waals surface area contributed by atoms with Gasteiger partial charge in [-0.1, -0.05) is 36.8 Å². The molecule has 1 aromatic heterocycles. The number of nitrogens with one attached hydrogen (secondary N) is 1. The highest BCUT2D eigenvalue weighted by Crippen LogP contribution is 2.26. The average molecular weight is 330 g/mol. The van der Waals surface area contributed by atoms with E-state index in [1.807, 2.05) is 24.3 Å². The molecule has 1 N–H and O–H groups in total. The van der Waals surface area contributed by atoms with Crippen LogP contribution in [0.25, 0.3) is 0 Å². The largest absolute Gasteiger partial charge is 0.312 e. The molecule has 0 aliphatic carbocycles. The standard InChI is InChI=1S/C16H18N4O2S/c1-2-3-11-4-6-13(7-5-11)20-9-12(8-14(20)21)15(22)18-16-19-17-10-23-16/h4-7,10,12H,2-3,8-9H2,1H3,(H,18,19,22). The summed E-state index contributed by atoms with van der Waals surface area (Å²) < 4.78 is 0. The number of nitrogens with zero attached hydrogens (tertiary/aromatic N) is 3. The second-order valence-electron chi connectivity index (χ2n) is 5.55. The molecule has 2 heterocycles. The Morgan fingerprint density at radius 3 is 2.83 bits per heavy atom. The van der Waals surface area contributed by atoms with Crippen molar-refractivity contribution in [3.63, 3.8) is 0 Å². The van der Waals surface area contributed by atoms with Crippen LogP contribution >= 0.6 is 11.3 Å². The minimum atomic E-state index is -0.360. The van der Waals surface area contributed by atoms with Gasteiger partial charge in [-0.25, -0.2) is 0 Å². The van der Waals surface area contributed by atoms with Crippen molar-refractivity contribution < 1.29 is 9.59 Å². The van der Waals surface area contributed by atoms with Gasteiger partial charge < -0.3 is 10.2 Å². The van der Waals surface area contributed by atoms with E-state index in [9.17, 15) is 9.59 Å². The Morgan fingerprint density at radius 1 is 1.39 bits per heavy atom. The molecule has 1 saturated heterocycles. The van der Waals surface area contributed by atoms with Crippen molar-refractivity contribution in [1.29, 1.82) is 0 Å². The molecular weight excluding hydrogens is 312 g/mol. The molecule has 23 heavy (non-hydrogen) atoms. The normalized spacial score (nSPS) is 17.5. The summed E-state index contributed by atoms with van der Waals surface area (Å²) in [6, 6.07) is 7.99. The summed E-state index contributed by atoms with van der Waals surface area (Å²) in [5, 5.41) is 10.6. The molecular formula is C16H18N4O2S. The molecule has 2 aromatic rings. The number of hydrogen-bond acceptors (Lipinski definition) is 5. The zero-order chi connectivity index (χ0) is 16.2. The van der Waals surface area contributed by atoms with Crippen LogP contribution in [-0.4, -0.2) is 28.6 Å². The minimum absolute atomic E-state index is 0.0225. The monoisotopic (exact) mass is 330 g/mol. The molecule has 7 heteroatoms. The quantitative estimate of drug-likeness (QED) is 0.914. The molecule has 3 rings (SSSR count). The molecule has 1 unspecified atom stereocenters. The molecule has 0 saturated carbocycles. The first-order valence-electron chi connectivity index (χ1n) is 7.63. The number of aromatic nitrogens is 2. The highest BCUT2D eigenvalue weighted by molar-refractivity contribution is 7.13. The van der Waals surface area contributed by atoms with Crippen LogP contribution in [0.15, 0.2) is 29.8 Å². The van der Waals surface area contributed by atoms with Gasteiger partial charge in [0.2, 0.25) is 16.9 Å². The topological polar surface area (TPSA) is 75.2 Å². The fourth-order valence-corrected chi connectivity index (χ4v) is 3.15. The van der Waals surface area contributed by atoms with Crippen molar-refractivity contribution in [2.45, 2.75) is 26.2 Å². The summed E-state index contributed by atoms with van der Waals surface area (Å²) in [7, 11) is 0. The highest BCUT2D eigenvalue weighted by Gasteiger charge is 2.35. The number of benzene rings is 1. The molecule has 1 aliphatic rings. The van der Waals surface area contributed by atoms with Crippen LogP contribution < -0.4 is 10.2 Å². The second kappa shape index (κ2) is 6.87. The van der Waals surface area contributed by atoms with Gasteiger partial charge in [0.15, 0.2) is 0 Å². The first-order chi connectivity index (χ1) is 11.2. The molecule has 0 radical (unpaired) electrons. The predicted octanol–water partition coefficient (Wildman–Crippen LogP) is 2.48. The Morgan fingerprint density at radius 2 is 2.17 bits per heavy atom. The lowest BCUT2D eigenvalue weighted by Crippen LogP contribution is -2.28. The van der Waals surface area contributed by atoms with Crippen LogP contribution in [-0.2, 0) is 16.0 Å². The Kier molecular flexibility index (Phi) is 4.66. The Labute approximate surface area is 138 Å². The molecule has 120 valence electrons. The van der Waals surface area contributed by atoms with Crippen molar-refractivity contribution in [2.75, 3.05) is 16.8 Å². The number of amides is 2. The van der Waals surface area contributed by atoms with Crippen LogP contribution in [0.3, 0.4) is 0 Å². The Balaban J connectivity index is 1.66. The fraction of sp³-hybridized carbons (Fsp3) is 0.375. The molecule has 1 atom stereocenters. The lowest BCUT2D eigenvalue weighted by atomic mass is 10.1. The van der Waals surface area contributed by atoms with Crippen molar-refractivity contribution in [3.8, 4) is 0 Å². The van der Waals surface area contributed by atoms with Crippen molar-refractivity contribution >= 4 is 34.0 Å². The fourth-order valence-electron chi connectivity index (χ4n) is 2.70. The summed E-state index contributed by atoms with van der Waals surface area (Å²) in [6.45, 7) is 2.54. The lowest BCUT2D eigenvalue weighted by Gasteiger charge is -2.17. The molecule has 1 aliphatic heterocycles. The van der Waals surface area contributed by atoms with E-state index in [2.05, 4.69) is 22.4 Å². The van der Waals surface area contributed by atoms with Crippen LogP contribution in [0.2, 0.25) is 0 Å². The minimum Gasteiger partial charge on any atom is -0.312 e. The third-order valence-electron chi connectivity index (χ3n) is 3.87. The van der Waals surface area contributed by atoms with E-state index in [1.165, 1.54) is 16.9 Å². The summed E-state index contributed by atoms with van der Waals surface area (Å²) in [6.07, 6.45) is 2.35. The third kappa shape index (κ3) is 3.56. The number of aryl methyl sites for hydroxylation is 1. The van der Waals surface area contributed by atoms with E-state index in [1.54, 1.807) is 10.4 Å². The molecule has 1 fully saturated rings. The number of rotatable bonds is 5. The molecule has 0 bridgehead atoms. The van der Waals surface area contributed by atoms with Gasteiger partial charge in [0, 0.05) is 18.7 Å². The van der Waals surface area contributed by atoms with E-state index < -0.39 is 0 Å². The SMILES string of the molecule is CCCc1ccc(N2CC(C(=O)Nc3nncs3)CC2=O)cc1. The van der Waals surface area contributed by atoms with Crippen LogP contribution in [0, 0.1) is 5.92 Å². The summed E-state index contributed by atoms with van der Waals surface area (Å²) >= 11 is 1.26. The number of anilines is 2. The van der Waals surface area contributed by atoms with Crippen molar-refractivity contribution in [1.82, 2.24) is 10.2 Å². The van der Waals surface area contributed by atoms with E-state index in [0.717, 1.165) is 18.5 Å². The van der Waals surface area contributed by atoms with Gasteiger partial charge in [0.25, 0.3) is 0 Å². The van der Waals surface area contributed by atoms with Gasteiger partial charge in [-0.15, -0.1) is 10.2 Å². The van der Waals surface area contributed by atoms with Crippen molar-refractivity contribution in [2.24, 2.45) is 5.92 Å². The van der Waals surface area contributed by atoms with Gasteiger partial charge in [-0.3, -0.25) is 9.59 Å². The third-order valence-corrected chi connectivity index (χ3v) is 4.48. The van der Waals surface area contributed by atoms with E-state index >= 15 is 0 Å². The first-order valence-corrected chi connectivity index (χ1v) is 8.51. The van der Waals surface area contributed by atoms with Gasteiger partial charge in [-0.2, -0.15) is 0 Å². The van der Waals surface area contributed by atoms with E-state index in [4.69, 9.17) is 0 Å². The maximum Gasteiger partial charge on any atom is 0.231 e. The number of carbonyl (C=O) groups excluding carboxylic acids is 2. The zero-order valence-corrected chi connectivity index (χ0v) is 13.7. The van der Waals surface area contributed by atoms with Crippen molar-refractivity contribution in [3.05, 3.63) is 35.3 Å². The Hall–Kier alpha value is -2.28. The maximum atomic E-state index is 12.2. The molecule has 6 nitrogen and oxygen atoms in total. The van der Waals surface area contributed by atoms with Gasteiger partial charge in [0.1, 0.15) is 5.51 Å². The maximum absolute atomic E-state index is 12.2. The Bertz CT molecular complexity index is 685. The summed E-state index contributed by atoms with van der Waals surface area (Å²) in [4.78, 5) is 26.1. The lowest BCUT2D eigenvalue weighted by molar-refractivity contribution is -0.122. The zero-order valence-electron chi connectivity index (χ0n) is 12.9. The summed E-state index contributed by atoms with van der Waals surface area (Å²) in [5.41, 5.74) is 3.66. The number of hydrogen-bond donors (Lipinski definition) is 1. The van der Waals surface area contributed by atoms with Gasteiger partial charge >= 0.3 is 0 Å². The van der Waals surface area contributed by atoms with Gasteiger partial charge in [-0.05, 0) is 24.1 Å². The first kappa shape index (κ1) is 15.6. The predicted molar refractivity (Wildman–Crippen MR) is 89.4 cm³/mol. The summed E-state index contributed by atoms with van der Waals surface area (Å²) in [5.74, 6) is -0.562. The molecule has 0 spiro atoms.